The van der Waals surface area contributed by atoms with Crippen LogP contribution in [0, 0.1) is 11.6 Å². The van der Waals surface area contributed by atoms with Crippen LogP contribution in [0.25, 0.3) is 0 Å². The third kappa shape index (κ3) is 2.87. The Morgan fingerprint density at radius 3 is 2.43 bits per heavy atom. The lowest BCUT2D eigenvalue weighted by Crippen LogP contribution is -2.39. The minimum Gasteiger partial charge on any atom is -0.384 e. The maximum Gasteiger partial charge on any atom is 0.246 e. The fraction of sp³-hybridized carbons (Fsp3) is 0.250. The molecule has 0 spiro atoms. The van der Waals surface area contributed by atoms with Crippen LogP contribution in [0.2, 0.25) is 0 Å². The number of aryl methyl sites for hydroxylation is 1. The molecular formula is C16H15F2NO3S. The van der Waals surface area contributed by atoms with Gasteiger partial charge in [-0.1, -0.05) is 30.3 Å². The molecule has 1 aliphatic rings. The molecule has 0 aliphatic heterocycles. The van der Waals surface area contributed by atoms with E-state index in [2.05, 4.69) is 4.72 Å². The minimum atomic E-state index is -4.41. The molecule has 0 saturated carbocycles. The molecule has 4 nitrogen and oxygen atoms in total. The van der Waals surface area contributed by atoms with E-state index in [9.17, 15) is 22.3 Å². The Morgan fingerprint density at radius 1 is 1.09 bits per heavy atom. The zero-order chi connectivity index (χ0) is 16.7. The molecule has 0 heterocycles. The monoisotopic (exact) mass is 339 g/mol. The van der Waals surface area contributed by atoms with E-state index in [0.717, 1.165) is 23.8 Å². The van der Waals surface area contributed by atoms with E-state index in [1.807, 2.05) is 12.1 Å². The largest absolute Gasteiger partial charge is 0.384 e. The Labute approximate surface area is 132 Å². The lowest BCUT2D eigenvalue weighted by molar-refractivity contribution is 0.0442. The van der Waals surface area contributed by atoms with E-state index in [0.29, 0.717) is 18.4 Å². The van der Waals surface area contributed by atoms with Crippen LogP contribution < -0.4 is 4.72 Å². The van der Waals surface area contributed by atoms with Gasteiger partial charge in [0, 0.05) is 6.54 Å². The van der Waals surface area contributed by atoms with Crippen LogP contribution in [0.5, 0.6) is 0 Å². The number of halogens is 2. The van der Waals surface area contributed by atoms with Crippen LogP contribution in [0.15, 0.2) is 47.4 Å². The highest BCUT2D eigenvalue weighted by Gasteiger charge is 2.38. The number of hydrogen-bond acceptors (Lipinski definition) is 3. The maximum atomic E-state index is 13.7. The molecule has 2 N–H and O–H groups in total. The van der Waals surface area contributed by atoms with Crippen molar-refractivity contribution in [3.8, 4) is 0 Å². The Balaban J connectivity index is 1.86. The van der Waals surface area contributed by atoms with Crippen molar-refractivity contribution in [1.82, 2.24) is 4.72 Å². The first-order valence-corrected chi connectivity index (χ1v) is 8.56. The van der Waals surface area contributed by atoms with Gasteiger partial charge in [0.1, 0.15) is 17.2 Å². The average molecular weight is 339 g/mol. The van der Waals surface area contributed by atoms with E-state index in [1.54, 1.807) is 12.1 Å². The van der Waals surface area contributed by atoms with Crippen molar-refractivity contribution in [3.05, 3.63) is 65.2 Å². The Bertz CT molecular complexity index is 834. The van der Waals surface area contributed by atoms with Crippen LogP contribution in [0.1, 0.15) is 17.5 Å². The highest BCUT2D eigenvalue weighted by atomic mass is 32.2. The van der Waals surface area contributed by atoms with Gasteiger partial charge < -0.3 is 5.11 Å². The zero-order valence-corrected chi connectivity index (χ0v) is 12.9. The third-order valence-corrected chi connectivity index (χ3v) is 5.52. The van der Waals surface area contributed by atoms with Gasteiger partial charge in [0.2, 0.25) is 10.0 Å². The number of benzene rings is 2. The normalized spacial score (nSPS) is 20.5. The topological polar surface area (TPSA) is 66.4 Å². The van der Waals surface area contributed by atoms with Crippen molar-refractivity contribution in [3.63, 3.8) is 0 Å². The second-order valence-electron chi connectivity index (χ2n) is 5.56. The van der Waals surface area contributed by atoms with Crippen molar-refractivity contribution >= 4 is 10.0 Å². The zero-order valence-electron chi connectivity index (χ0n) is 12.1. The molecule has 2 aromatic rings. The summed E-state index contributed by atoms with van der Waals surface area (Å²) in [7, 11) is -4.41. The Morgan fingerprint density at radius 2 is 1.74 bits per heavy atom. The van der Waals surface area contributed by atoms with Gasteiger partial charge in [-0.05, 0) is 36.1 Å². The second kappa shape index (κ2) is 5.67. The summed E-state index contributed by atoms with van der Waals surface area (Å²) in [6.07, 6.45) is 0.955. The molecule has 0 aromatic heterocycles. The predicted octanol–water partition coefficient (Wildman–Crippen LogP) is 2.08. The highest BCUT2D eigenvalue weighted by molar-refractivity contribution is 7.89. The first-order chi connectivity index (χ1) is 10.8. The summed E-state index contributed by atoms with van der Waals surface area (Å²) < 4.78 is 53.8. The number of aliphatic hydroxyl groups is 1. The molecule has 0 amide bonds. The van der Waals surface area contributed by atoms with Crippen LogP contribution >= 0.6 is 0 Å². The molecule has 122 valence electrons. The molecule has 3 rings (SSSR count). The Hall–Kier alpha value is -1.83. The van der Waals surface area contributed by atoms with Gasteiger partial charge in [0.15, 0.2) is 4.90 Å². The number of hydrogen-bond donors (Lipinski definition) is 2. The van der Waals surface area contributed by atoms with Gasteiger partial charge in [-0.2, -0.15) is 0 Å². The van der Waals surface area contributed by atoms with Crippen LogP contribution in [0.4, 0.5) is 8.78 Å². The van der Waals surface area contributed by atoms with Gasteiger partial charge in [-0.25, -0.2) is 21.9 Å². The van der Waals surface area contributed by atoms with Gasteiger partial charge in [-0.3, -0.25) is 0 Å². The van der Waals surface area contributed by atoms with Crippen molar-refractivity contribution in [2.24, 2.45) is 0 Å². The SMILES string of the molecule is O=S(=O)(NCC1(O)CCc2ccccc21)c1c(F)cccc1F. The summed E-state index contributed by atoms with van der Waals surface area (Å²) in [5, 5.41) is 10.7. The van der Waals surface area contributed by atoms with E-state index < -0.39 is 32.2 Å². The molecule has 1 aliphatic carbocycles. The number of nitrogens with one attached hydrogen (secondary N) is 1. The van der Waals surface area contributed by atoms with E-state index in [4.69, 9.17) is 0 Å². The van der Waals surface area contributed by atoms with Crippen LogP contribution in [-0.2, 0) is 22.0 Å². The van der Waals surface area contributed by atoms with Gasteiger partial charge >= 0.3 is 0 Å². The molecular weight excluding hydrogens is 324 g/mol. The molecule has 1 atom stereocenters. The van der Waals surface area contributed by atoms with E-state index >= 15 is 0 Å². The average Bonchev–Trinajstić information content (AvgIpc) is 2.84. The smallest absolute Gasteiger partial charge is 0.246 e. The predicted molar refractivity (Wildman–Crippen MR) is 80.2 cm³/mol. The molecule has 7 heteroatoms. The summed E-state index contributed by atoms with van der Waals surface area (Å²) in [5.74, 6) is -2.34. The van der Waals surface area contributed by atoms with Gasteiger partial charge in [0.05, 0.1) is 0 Å². The first kappa shape index (κ1) is 16.0. The Kier molecular flexibility index (Phi) is 3.95. The van der Waals surface area contributed by atoms with Crippen LogP contribution in [-0.4, -0.2) is 20.1 Å². The summed E-state index contributed by atoms with van der Waals surface area (Å²) in [4.78, 5) is -1.03. The van der Waals surface area contributed by atoms with Gasteiger partial charge in [0.25, 0.3) is 0 Å². The standard InChI is InChI=1S/C16H15F2NO3S/c17-13-6-3-7-14(18)15(13)23(21,22)19-10-16(20)9-8-11-4-1-2-5-12(11)16/h1-7,19-20H,8-10H2. The molecule has 1 unspecified atom stereocenters. The lowest BCUT2D eigenvalue weighted by atomic mass is 9.96. The third-order valence-electron chi connectivity index (χ3n) is 4.07. The number of sulfonamides is 1. The second-order valence-corrected chi connectivity index (χ2v) is 7.27. The van der Waals surface area contributed by atoms with E-state index in [-0.39, 0.29) is 6.54 Å². The molecule has 0 fully saturated rings. The molecule has 0 radical (unpaired) electrons. The minimum absolute atomic E-state index is 0.342. The molecule has 0 saturated heterocycles. The maximum absolute atomic E-state index is 13.7. The van der Waals surface area contributed by atoms with E-state index in [1.165, 1.54) is 0 Å². The van der Waals surface area contributed by atoms with Crippen molar-refractivity contribution in [1.29, 1.82) is 0 Å². The number of rotatable bonds is 4. The fourth-order valence-electron chi connectivity index (χ4n) is 2.88. The summed E-state index contributed by atoms with van der Waals surface area (Å²) in [6, 6.07) is 10.0. The van der Waals surface area contributed by atoms with Gasteiger partial charge in [-0.15, -0.1) is 0 Å². The fourth-order valence-corrected chi connectivity index (χ4v) is 4.10. The highest BCUT2D eigenvalue weighted by Crippen LogP contribution is 2.36. The first-order valence-electron chi connectivity index (χ1n) is 7.08. The molecule has 23 heavy (non-hydrogen) atoms. The molecule has 2 aromatic carbocycles. The van der Waals surface area contributed by atoms with Crippen molar-refractivity contribution in [2.75, 3.05) is 6.54 Å². The summed E-state index contributed by atoms with van der Waals surface area (Å²) in [5.41, 5.74) is 0.189. The summed E-state index contributed by atoms with van der Waals surface area (Å²) in [6.45, 7) is -0.347. The lowest BCUT2D eigenvalue weighted by Gasteiger charge is -2.24. The molecule has 0 bridgehead atoms. The van der Waals surface area contributed by atoms with Crippen molar-refractivity contribution in [2.45, 2.75) is 23.3 Å². The van der Waals surface area contributed by atoms with Crippen LogP contribution in [0.3, 0.4) is 0 Å². The number of fused-ring (bicyclic) bond motifs is 1. The van der Waals surface area contributed by atoms with Crippen molar-refractivity contribution < 1.29 is 22.3 Å². The summed E-state index contributed by atoms with van der Waals surface area (Å²) >= 11 is 0. The quantitative estimate of drug-likeness (QED) is 0.896.